The largest absolute Gasteiger partial charge is 0.444 e. The average molecular weight is 302 g/mol. The summed E-state index contributed by atoms with van der Waals surface area (Å²) in [5.41, 5.74) is -0.420. The molecule has 1 amide bonds. The number of ether oxygens (including phenoxy) is 1. The third-order valence-electron chi connectivity index (χ3n) is 3.28. The summed E-state index contributed by atoms with van der Waals surface area (Å²) in [4.78, 5) is 11.6. The molecule has 20 heavy (non-hydrogen) atoms. The molecule has 4 nitrogen and oxygen atoms in total. The molecule has 0 heterocycles. The first-order chi connectivity index (χ1) is 9.30. The number of rotatable bonds is 7. The smallest absolute Gasteiger partial charge is 0.407 e. The fourth-order valence-corrected chi connectivity index (χ4v) is 3.05. The Balaban J connectivity index is 2.09. The molecule has 1 rings (SSSR count). The summed E-state index contributed by atoms with van der Waals surface area (Å²) in [5, 5.41) is 6.54. The van der Waals surface area contributed by atoms with Crippen molar-refractivity contribution >= 4 is 17.9 Å². The van der Waals surface area contributed by atoms with Gasteiger partial charge in [-0.1, -0.05) is 6.92 Å². The van der Waals surface area contributed by atoms with Crippen molar-refractivity contribution < 1.29 is 9.53 Å². The van der Waals surface area contributed by atoms with Gasteiger partial charge in [-0.05, 0) is 58.5 Å². The Morgan fingerprint density at radius 3 is 2.55 bits per heavy atom. The first-order valence-corrected chi connectivity index (χ1v) is 8.79. The molecular formula is C15H30N2O2S. The number of carbonyl (C=O) groups is 1. The Labute approximate surface area is 127 Å². The number of alkyl carbamates (subject to hydrolysis) is 1. The van der Waals surface area contributed by atoms with E-state index in [-0.39, 0.29) is 12.1 Å². The van der Waals surface area contributed by atoms with Gasteiger partial charge >= 0.3 is 6.09 Å². The van der Waals surface area contributed by atoms with Crippen LogP contribution in [0.25, 0.3) is 0 Å². The van der Waals surface area contributed by atoms with Crippen molar-refractivity contribution in [2.45, 2.75) is 77.6 Å². The normalized spacial score (nSPS) is 23.9. The summed E-state index contributed by atoms with van der Waals surface area (Å²) in [6.45, 7) is 10.1. The van der Waals surface area contributed by atoms with Crippen LogP contribution < -0.4 is 10.6 Å². The first-order valence-electron chi connectivity index (χ1n) is 7.63. The summed E-state index contributed by atoms with van der Waals surface area (Å²) >= 11 is 1.99. The van der Waals surface area contributed by atoms with Gasteiger partial charge in [0, 0.05) is 18.1 Å². The van der Waals surface area contributed by atoms with E-state index < -0.39 is 5.60 Å². The molecule has 2 N–H and O–H groups in total. The van der Waals surface area contributed by atoms with Crippen LogP contribution >= 0.6 is 11.8 Å². The van der Waals surface area contributed by atoms with Gasteiger partial charge in [0.1, 0.15) is 5.60 Å². The van der Waals surface area contributed by atoms with Crippen LogP contribution in [0.2, 0.25) is 0 Å². The van der Waals surface area contributed by atoms with E-state index in [0.29, 0.717) is 12.1 Å². The molecule has 5 heteroatoms. The van der Waals surface area contributed by atoms with Gasteiger partial charge in [-0.2, -0.15) is 11.8 Å². The fraction of sp³-hybridized carbons (Fsp3) is 0.933. The number of carbonyl (C=O) groups excluding carboxylic acids is 1. The second kappa shape index (κ2) is 8.13. The lowest BCUT2D eigenvalue weighted by Crippen LogP contribution is -2.54. The minimum Gasteiger partial charge on any atom is -0.444 e. The van der Waals surface area contributed by atoms with E-state index in [0.717, 1.165) is 12.8 Å². The number of hydrogen-bond acceptors (Lipinski definition) is 4. The van der Waals surface area contributed by atoms with Gasteiger partial charge in [0.15, 0.2) is 0 Å². The van der Waals surface area contributed by atoms with E-state index in [1.807, 2.05) is 32.5 Å². The Bertz CT molecular complexity index is 299. The minimum absolute atomic E-state index is 0.263. The van der Waals surface area contributed by atoms with Crippen molar-refractivity contribution in [3.63, 3.8) is 0 Å². The maximum atomic E-state index is 11.6. The first kappa shape index (κ1) is 17.6. The molecule has 0 aromatic carbocycles. The summed E-state index contributed by atoms with van der Waals surface area (Å²) in [6, 6.07) is 1.36. The molecule has 1 aliphatic rings. The van der Waals surface area contributed by atoms with E-state index in [9.17, 15) is 4.79 Å². The van der Waals surface area contributed by atoms with E-state index in [4.69, 9.17) is 4.74 Å². The zero-order valence-corrected chi connectivity index (χ0v) is 14.3. The Hall–Kier alpha value is -0.420. The molecule has 0 aliphatic heterocycles. The topological polar surface area (TPSA) is 50.4 Å². The van der Waals surface area contributed by atoms with Crippen LogP contribution in [0.1, 0.15) is 53.9 Å². The standard InChI is InChI=1S/C15H30N2O2S/c1-6-20-8-7-11(2)16-12-9-13(10-12)17-14(18)19-15(3,4)5/h11-13,16H,6-10H2,1-5H3,(H,17,18). The molecular weight excluding hydrogens is 272 g/mol. The van der Waals surface area contributed by atoms with Crippen molar-refractivity contribution in [3.8, 4) is 0 Å². The van der Waals surface area contributed by atoms with E-state index in [1.165, 1.54) is 17.9 Å². The molecule has 1 fully saturated rings. The summed E-state index contributed by atoms with van der Waals surface area (Å²) in [6.07, 6.45) is 2.92. The Morgan fingerprint density at radius 2 is 2.00 bits per heavy atom. The van der Waals surface area contributed by atoms with Crippen molar-refractivity contribution in [1.29, 1.82) is 0 Å². The van der Waals surface area contributed by atoms with Crippen LogP contribution in [0.4, 0.5) is 4.79 Å². The van der Waals surface area contributed by atoms with Crippen LogP contribution in [-0.4, -0.2) is 41.3 Å². The molecule has 0 bridgehead atoms. The lowest BCUT2D eigenvalue weighted by atomic mass is 9.86. The van der Waals surface area contributed by atoms with Crippen molar-refractivity contribution in [2.24, 2.45) is 0 Å². The molecule has 0 aromatic heterocycles. The molecule has 0 aromatic rings. The van der Waals surface area contributed by atoms with E-state index >= 15 is 0 Å². The average Bonchev–Trinajstić information content (AvgIpc) is 2.23. The number of amides is 1. The summed E-state index contributed by atoms with van der Waals surface area (Å²) < 4.78 is 5.25. The van der Waals surface area contributed by atoms with Crippen molar-refractivity contribution in [3.05, 3.63) is 0 Å². The zero-order chi connectivity index (χ0) is 15.2. The van der Waals surface area contributed by atoms with Crippen LogP contribution in [0.15, 0.2) is 0 Å². The Kier molecular flexibility index (Phi) is 7.17. The third kappa shape index (κ3) is 7.39. The quantitative estimate of drug-likeness (QED) is 0.709. The highest BCUT2D eigenvalue weighted by molar-refractivity contribution is 7.99. The Morgan fingerprint density at radius 1 is 1.35 bits per heavy atom. The van der Waals surface area contributed by atoms with Crippen LogP contribution in [-0.2, 0) is 4.74 Å². The highest BCUT2D eigenvalue weighted by Crippen LogP contribution is 2.21. The van der Waals surface area contributed by atoms with Crippen LogP contribution in [0.5, 0.6) is 0 Å². The van der Waals surface area contributed by atoms with Gasteiger partial charge in [-0.3, -0.25) is 0 Å². The molecule has 118 valence electrons. The predicted molar refractivity (Wildman–Crippen MR) is 86.4 cm³/mol. The second-order valence-electron chi connectivity index (χ2n) is 6.56. The molecule has 1 unspecified atom stereocenters. The van der Waals surface area contributed by atoms with Gasteiger partial charge in [0.2, 0.25) is 0 Å². The molecule has 1 aliphatic carbocycles. The van der Waals surface area contributed by atoms with E-state index in [1.54, 1.807) is 0 Å². The SMILES string of the molecule is CCSCCC(C)NC1CC(NC(=O)OC(C)(C)C)C1. The highest BCUT2D eigenvalue weighted by Gasteiger charge is 2.32. The number of nitrogens with one attached hydrogen (secondary N) is 2. The van der Waals surface area contributed by atoms with Gasteiger partial charge in [-0.15, -0.1) is 0 Å². The molecule has 1 atom stereocenters. The van der Waals surface area contributed by atoms with Crippen LogP contribution in [0.3, 0.4) is 0 Å². The fourth-order valence-electron chi connectivity index (χ4n) is 2.24. The predicted octanol–water partition coefficient (Wildman–Crippen LogP) is 3.16. The van der Waals surface area contributed by atoms with Crippen molar-refractivity contribution in [1.82, 2.24) is 10.6 Å². The number of hydrogen-bond donors (Lipinski definition) is 2. The molecule has 1 saturated carbocycles. The zero-order valence-electron chi connectivity index (χ0n) is 13.5. The maximum Gasteiger partial charge on any atom is 0.407 e. The monoisotopic (exact) mass is 302 g/mol. The second-order valence-corrected chi connectivity index (χ2v) is 7.96. The third-order valence-corrected chi connectivity index (χ3v) is 4.21. The molecule has 0 radical (unpaired) electrons. The maximum absolute atomic E-state index is 11.6. The lowest BCUT2D eigenvalue weighted by Gasteiger charge is -2.38. The molecule has 0 saturated heterocycles. The van der Waals surface area contributed by atoms with E-state index in [2.05, 4.69) is 24.5 Å². The summed E-state index contributed by atoms with van der Waals surface area (Å²) in [7, 11) is 0. The van der Waals surface area contributed by atoms with Gasteiger partial charge in [0.05, 0.1) is 0 Å². The number of thioether (sulfide) groups is 1. The minimum atomic E-state index is -0.420. The van der Waals surface area contributed by atoms with Crippen molar-refractivity contribution in [2.75, 3.05) is 11.5 Å². The summed E-state index contributed by atoms with van der Waals surface area (Å²) in [5.74, 6) is 2.41. The van der Waals surface area contributed by atoms with Gasteiger partial charge < -0.3 is 15.4 Å². The van der Waals surface area contributed by atoms with Gasteiger partial charge in [0.25, 0.3) is 0 Å². The lowest BCUT2D eigenvalue weighted by molar-refractivity contribution is 0.0463. The van der Waals surface area contributed by atoms with Gasteiger partial charge in [-0.25, -0.2) is 4.79 Å². The highest BCUT2D eigenvalue weighted by atomic mass is 32.2. The molecule has 0 spiro atoms. The van der Waals surface area contributed by atoms with Crippen LogP contribution in [0, 0.1) is 0 Å².